The first kappa shape index (κ1) is 11.4. The van der Waals surface area contributed by atoms with Gasteiger partial charge >= 0.3 is 0 Å². The van der Waals surface area contributed by atoms with E-state index in [9.17, 15) is 4.79 Å². The zero-order valence-corrected chi connectivity index (χ0v) is 10.1. The van der Waals surface area contributed by atoms with E-state index in [0.29, 0.717) is 18.1 Å². The summed E-state index contributed by atoms with van der Waals surface area (Å²) in [6.45, 7) is 6.36. The van der Waals surface area contributed by atoms with E-state index in [-0.39, 0.29) is 5.91 Å². The Morgan fingerprint density at radius 2 is 2.29 bits per heavy atom. The minimum atomic E-state index is -0.181. The maximum atomic E-state index is 12.0. The van der Waals surface area contributed by atoms with Crippen molar-refractivity contribution in [3.63, 3.8) is 0 Å². The van der Waals surface area contributed by atoms with Crippen molar-refractivity contribution < 1.29 is 4.79 Å². The van der Waals surface area contributed by atoms with E-state index in [1.54, 1.807) is 16.9 Å². The van der Waals surface area contributed by atoms with Gasteiger partial charge in [-0.15, -0.1) is 0 Å². The SMILES string of the molecule is CCn1nc(C)cc1C(=O)Nc1[nH]ncc1C. The molecule has 0 aliphatic carbocycles. The first-order valence-corrected chi connectivity index (χ1v) is 5.47. The molecule has 90 valence electrons. The van der Waals surface area contributed by atoms with Gasteiger partial charge in [0.1, 0.15) is 11.5 Å². The largest absolute Gasteiger partial charge is 0.305 e. The molecule has 2 heterocycles. The summed E-state index contributed by atoms with van der Waals surface area (Å²) < 4.78 is 1.68. The Hall–Kier alpha value is -2.11. The topological polar surface area (TPSA) is 75.6 Å². The second-order valence-corrected chi connectivity index (χ2v) is 3.87. The van der Waals surface area contributed by atoms with E-state index in [1.165, 1.54) is 0 Å². The first-order chi connectivity index (χ1) is 8.11. The minimum Gasteiger partial charge on any atom is -0.305 e. The molecule has 0 saturated heterocycles. The van der Waals surface area contributed by atoms with Crippen LogP contribution in [-0.2, 0) is 6.54 Å². The zero-order chi connectivity index (χ0) is 12.4. The van der Waals surface area contributed by atoms with E-state index >= 15 is 0 Å². The Morgan fingerprint density at radius 1 is 1.53 bits per heavy atom. The highest BCUT2D eigenvalue weighted by atomic mass is 16.2. The third-order valence-corrected chi connectivity index (χ3v) is 2.50. The zero-order valence-electron chi connectivity index (χ0n) is 10.1. The second-order valence-electron chi connectivity index (χ2n) is 3.87. The average Bonchev–Trinajstić information content (AvgIpc) is 2.85. The molecule has 2 rings (SSSR count). The van der Waals surface area contributed by atoms with Gasteiger partial charge in [0.25, 0.3) is 5.91 Å². The Morgan fingerprint density at radius 3 is 2.88 bits per heavy atom. The van der Waals surface area contributed by atoms with Crippen LogP contribution in [0.2, 0.25) is 0 Å². The molecule has 0 fully saturated rings. The molecule has 17 heavy (non-hydrogen) atoms. The summed E-state index contributed by atoms with van der Waals surface area (Å²) in [5, 5.41) is 13.6. The molecule has 0 aliphatic rings. The Kier molecular flexibility index (Phi) is 2.95. The molecule has 0 aromatic carbocycles. The van der Waals surface area contributed by atoms with Crippen LogP contribution in [0.5, 0.6) is 0 Å². The molecule has 6 nitrogen and oxygen atoms in total. The highest BCUT2D eigenvalue weighted by Gasteiger charge is 2.14. The number of hydrogen-bond donors (Lipinski definition) is 2. The van der Waals surface area contributed by atoms with Crippen molar-refractivity contribution >= 4 is 11.7 Å². The van der Waals surface area contributed by atoms with Crippen molar-refractivity contribution in [2.24, 2.45) is 0 Å². The van der Waals surface area contributed by atoms with Gasteiger partial charge in [-0.2, -0.15) is 10.2 Å². The van der Waals surface area contributed by atoms with Crippen LogP contribution >= 0.6 is 0 Å². The molecular weight excluding hydrogens is 218 g/mol. The highest BCUT2D eigenvalue weighted by Crippen LogP contribution is 2.11. The lowest BCUT2D eigenvalue weighted by Crippen LogP contribution is -2.18. The number of aryl methyl sites for hydroxylation is 3. The molecule has 2 N–H and O–H groups in total. The maximum absolute atomic E-state index is 12.0. The second kappa shape index (κ2) is 4.40. The van der Waals surface area contributed by atoms with Gasteiger partial charge < -0.3 is 5.32 Å². The van der Waals surface area contributed by atoms with Gasteiger partial charge in [0.2, 0.25) is 0 Å². The molecule has 0 bridgehead atoms. The number of nitrogens with one attached hydrogen (secondary N) is 2. The number of rotatable bonds is 3. The molecule has 0 spiro atoms. The Balaban J connectivity index is 2.23. The van der Waals surface area contributed by atoms with E-state index in [1.807, 2.05) is 20.8 Å². The van der Waals surface area contributed by atoms with Gasteiger partial charge in [-0.25, -0.2) is 0 Å². The van der Waals surface area contributed by atoms with Crippen molar-refractivity contribution in [2.75, 3.05) is 5.32 Å². The molecule has 0 saturated carbocycles. The van der Waals surface area contributed by atoms with E-state index in [0.717, 1.165) is 11.3 Å². The van der Waals surface area contributed by atoms with Crippen LogP contribution in [0, 0.1) is 13.8 Å². The normalized spacial score (nSPS) is 10.5. The van der Waals surface area contributed by atoms with Gasteiger partial charge in [0, 0.05) is 12.1 Å². The number of H-pyrrole nitrogens is 1. The fourth-order valence-electron chi connectivity index (χ4n) is 1.62. The summed E-state index contributed by atoms with van der Waals surface area (Å²) in [6, 6.07) is 1.77. The number of anilines is 1. The maximum Gasteiger partial charge on any atom is 0.275 e. The number of amides is 1. The molecular formula is C11H15N5O. The third-order valence-electron chi connectivity index (χ3n) is 2.50. The lowest BCUT2D eigenvalue weighted by molar-refractivity contribution is 0.101. The van der Waals surface area contributed by atoms with E-state index in [4.69, 9.17) is 0 Å². The first-order valence-electron chi connectivity index (χ1n) is 5.47. The molecule has 6 heteroatoms. The summed E-state index contributed by atoms with van der Waals surface area (Å²) in [5.41, 5.74) is 2.29. The predicted molar refractivity (Wildman–Crippen MR) is 63.9 cm³/mol. The van der Waals surface area contributed by atoms with Crippen LogP contribution in [0.3, 0.4) is 0 Å². The van der Waals surface area contributed by atoms with Crippen molar-refractivity contribution in [1.29, 1.82) is 0 Å². The summed E-state index contributed by atoms with van der Waals surface area (Å²) in [4.78, 5) is 12.0. The summed E-state index contributed by atoms with van der Waals surface area (Å²) in [7, 11) is 0. The number of aromatic nitrogens is 4. The van der Waals surface area contributed by atoms with Crippen LogP contribution in [0.25, 0.3) is 0 Å². The van der Waals surface area contributed by atoms with Crippen molar-refractivity contribution in [3.05, 3.63) is 29.2 Å². The van der Waals surface area contributed by atoms with Crippen LogP contribution in [0.15, 0.2) is 12.3 Å². The average molecular weight is 233 g/mol. The van der Waals surface area contributed by atoms with E-state index in [2.05, 4.69) is 20.6 Å². The third kappa shape index (κ3) is 2.20. The van der Waals surface area contributed by atoms with E-state index < -0.39 is 0 Å². The van der Waals surface area contributed by atoms with Gasteiger partial charge in [-0.05, 0) is 26.8 Å². The lowest BCUT2D eigenvalue weighted by Gasteiger charge is -2.05. The van der Waals surface area contributed by atoms with Gasteiger partial charge in [0.05, 0.1) is 11.9 Å². The molecule has 1 amide bonds. The molecule has 0 radical (unpaired) electrons. The summed E-state index contributed by atoms with van der Waals surface area (Å²) in [5.74, 6) is 0.441. The number of hydrogen-bond acceptors (Lipinski definition) is 3. The highest BCUT2D eigenvalue weighted by molar-refractivity contribution is 6.02. The van der Waals surface area contributed by atoms with Crippen LogP contribution in [0.1, 0.15) is 28.7 Å². The van der Waals surface area contributed by atoms with Crippen LogP contribution in [-0.4, -0.2) is 25.9 Å². The predicted octanol–water partition coefficient (Wildman–Crippen LogP) is 1.50. The van der Waals surface area contributed by atoms with Crippen molar-refractivity contribution in [2.45, 2.75) is 27.3 Å². The molecule has 2 aromatic heterocycles. The minimum absolute atomic E-state index is 0.181. The fourth-order valence-corrected chi connectivity index (χ4v) is 1.62. The summed E-state index contributed by atoms with van der Waals surface area (Å²) >= 11 is 0. The molecule has 2 aromatic rings. The number of nitrogens with zero attached hydrogens (tertiary/aromatic N) is 3. The molecule has 0 atom stereocenters. The lowest BCUT2D eigenvalue weighted by atomic mass is 10.3. The van der Waals surface area contributed by atoms with Crippen molar-refractivity contribution in [1.82, 2.24) is 20.0 Å². The van der Waals surface area contributed by atoms with Crippen LogP contribution in [0.4, 0.5) is 5.82 Å². The van der Waals surface area contributed by atoms with Gasteiger partial charge in [-0.3, -0.25) is 14.6 Å². The smallest absolute Gasteiger partial charge is 0.275 e. The standard InChI is InChI=1S/C11H15N5O/c1-4-16-9(5-8(3)15-16)11(17)13-10-7(2)6-12-14-10/h5-6H,4H2,1-3H3,(H2,12,13,14,17). The number of carbonyl (C=O) groups is 1. The number of carbonyl (C=O) groups excluding carboxylic acids is 1. The van der Waals surface area contributed by atoms with Crippen LogP contribution < -0.4 is 5.32 Å². The quantitative estimate of drug-likeness (QED) is 0.843. The Labute approximate surface area is 99.0 Å². The van der Waals surface area contributed by atoms with Gasteiger partial charge in [0.15, 0.2) is 0 Å². The van der Waals surface area contributed by atoms with Crippen molar-refractivity contribution in [3.8, 4) is 0 Å². The van der Waals surface area contributed by atoms with Gasteiger partial charge in [-0.1, -0.05) is 0 Å². The fraction of sp³-hybridized carbons (Fsp3) is 0.364. The monoisotopic (exact) mass is 233 g/mol. The number of aromatic amines is 1. The Bertz CT molecular complexity index is 540. The molecule has 0 unspecified atom stereocenters. The molecule has 0 aliphatic heterocycles. The summed E-state index contributed by atoms with van der Waals surface area (Å²) in [6.07, 6.45) is 1.66.